The minimum atomic E-state index is -0.801. The average molecular weight is 251 g/mol. The molecule has 0 aliphatic carbocycles. The van der Waals surface area contributed by atoms with Crippen LogP contribution in [0.5, 0.6) is 5.75 Å². The van der Waals surface area contributed by atoms with Crippen molar-refractivity contribution in [3.8, 4) is 5.75 Å². The topological polar surface area (TPSA) is 58.6 Å². The number of nitrogens with one attached hydrogen (secondary N) is 1. The van der Waals surface area contributed by atoms with Crippen molar-refractivity contribution in [1.29, 1.82) is 0 Å². The molecule has 0 aromatic heterocycles. The van der Waals surface area contributed by atoms with Crippen LogP contribution in [0.2, 0.25) is 0 Å². The number of hydrogen-bond acceptors (Lipinski definition) is 3. The third-order valence-corrected chi connectivity index (χ3v) is 2.59. The Kier molecular flexibility index (Phi) is 6.22. The van der Waals surface area contributed by atoms with E-state index in [9.17, 15) is 4.79 Å². The number of carbonyl (C=O) groups is 1. The van der Waals surface area contributed by atoms with E-state index in [1.54, 1.807) is 0 Å². The second-order valence-corrected chi connectivity index (χ2v) is 4.11. The zero-order chi connectivity index (χ0) is 13.4. The molecule has 0 heterocycles. The fourth-order valence-electron chi connectivity index (χ4n) is 1.79. The summed E-state index contributed by atoms with van der Waals surface area (Å²) in [6, 6.07) is 7.44. The van der Waals surface area contributed by atoms with Crippen LogP contribution in [0.4, 0.5) is 0 Å². The van der Waals surface area contributed by atoms with E-state index >= 15 is 0 Å². The van der Waals surface area contributed by atoms with Gasteiger partial charge >= 0.3 is 5.97 Å². The number of rotatable bonds is 8. The smallest absolute Gasteiger partial charge is 0.305 e. The van der Waals surface area contributed by atoms with Crippen molar-refractivity contribution in [2.45, 2.75) is 32.7 Å². The maximum absolute atomic E-state index is 10.9. The molecule has 1 atom stereocenters. The Hall–Kier alpha value is -1.55. The number of ether oxygens (including phenoxy) is 1. The molecule has 0 fully saturated rings. The first-order valence-electron chi connectivity index (χ1n) is 6.35. The van der Waals surface area contributed by atoms with Gasteiger partial charge in [0.05, 0.1) is 13.0 Å². The van der Waals surface area contributed by atoms with E-state index in [1.165, 1.54) is 0 Å². The number of carboxylic acid groups (broad SMARTS) is 1. The van der Waals surface area contributed by atoms with Crippen LogP contribution in [-0.2, 0) is 4.79 Å². The van der Waals surface area contributed by atoms with Crippen LogP contribution in [0.25, 0.3) is 0 Å². The molecule has 1 aromatic carbocycles. The van der Waals surface area contributed by atoms with E-state index in [2.05, 4.69) is 12.2 Å². The minimum absolute atomic E-state index is 0.0789. The predicted octanol–water partition coefficient (Wildman–Crippen LogP) is 2.60. The maximum Gasteiger partial charge on any atom is 0.305 e. The number of benzene rings is 1. The molecular weight excluding hydrogens is 230 g/mol. The molecule has 0 amide bonds. The van der Waals surface area contributed by atoms with Crippen LogP contribution in [0.1, 0.15) is 38.3 Å². The molecule has 0 bridgehead atoms. The Balaban J connectivity index is 2.81. The van der Waals surface area contributed by atoms with Gasteiger partial charge in [0.1, 0.15) is 5.75 Å². The summed E-state index contributed by atoms with van der Waals surface area (Å²) in [4.78, 5) is 10.9. The van der Waals surface area contributed by atoms with Crippen molar-refractivity contribution in [3.05, 3.63) is 29.8 Å². The fourth-order valence-corrected chi connectivity index (χ4v) is 1.79. The molecule has 0 aliphatic rings. The molecule has 1 rings (SSSR count). The molecule has 18 heavy (non-hydrogen) atoms. The van der Waals surface area contributed by atoms with Gasteiger partial charge in [-0.3, -0.25) is 4.79 Å². The van der Waals surface area contributed by atoms with Gasteiger partial charge < -0.3 is 15.2 Å². The number of hydrogen-bond donors (Lipinski definition) is 2. The van der Waals surface area contributed by atoms with Gasteiger partial charge in [-0.25, -0.2) is 0 Å². The van der Waals surface area contributed by atoms with Gasteiger partial charge in [0.15, 0.2) is 0 Å². The lowest BCUT2D eigenvalue weighted by molar-refractivity contribution is -0.137. The van der Waals surface area contributed by atoms with E-state index in [4.69, 9.17) is 9.84 Å². The molecule has 0 radical (unpaired) electrons. The lowest BCUT2D eigenvalue weighted by Gasteiger charge is -2.17. The lowest BCUT2D eigenvalue weighted by atomic mass is 10.0. The van der Waals surface area contributed by atoms with Gasteiger partial charge in [0, 0.05) is 6.04 Å². The molecule has 4 heteroatoms. The monoisotopic (exact) mass is 251 g/mol. The highest BCUT2D eigenvalue weighted by Crippen LogP contribution is 2.22. The van der Waals surface area contributed by atoms with Crippen LogP contribution in [0, 0.1) is 0 Å². The van der Waals surface area contributed by atoms with Crippen LogP contribution >= 0.6 is 0 Å². The molecule has 1 aromatic rings. The largest absolute Gasteiger partial charge is 0.494 e. The van der Waals surface area contributed by atoms with Gasteiger partial charge in [-0.15, -0.1) is 0 Å². The van der Waals surface area contributed by atoms with Crippen molar-refractivity contribution in [3.63, 3.8) is 0 Å². The first-order chi connectivity index (χ1) is 8.67. The summed E-state index contributed by atoms with van der Waals surface area (Å²) >= 11 is 0. The van der Waals surface area contributed by atoms with Crippen molar-refractivity contribution < 1.29 is 14.6 Å². The summed E-state index contributed by atoms with van der Waals surface area (Å²) in [6.07, 6.45) is 1.05. The molecule has 0 aliphatic heterocycles. The Morgan fingerprint density at radius 1 is 1.44 bits per heavy atom. The predicted molar refractivity (Wildman–Crippen MR) is 70.9 cm³/mol. The third-order valence-electron chi connectivity index (χ3n) is 2.59. The minimum Gasteiger partial charge on any atom is -0.494 e. The van der Waals surface area contributed by atoms with Crippen LogP contribution in [-0.4, -0.2) is 24.2 Å². The highest BCUT2D eigenvalue weighted by atomic mass is 16.5. The Labute approximate surface area is 108 Å². The SMILES string of the molecule is CCCNC(CC(=O)O)c1cccc(OCC)c1. The quantitative estimate of drug-likeness (QED) is 0.745. The number of carboxylic acids is 1. The van der Waals surface area contributed by atoms with Gasteiger partial charge in [-0.2, -0.15) is 0 Å². The third kappa shape index (κ3) is 4.75. The average Bonchev–Trinajstić information content (AvgIpc) is 2.35. The summed E-state index contributed by atoms with van der Waals surface area (Å²) in [7, 11) is 0. The fraction of sp³-hybridized carbons (Fsp3) is 0.500. The van der Waals surface area contributed by atoms with Crippen LogP contribution in [0.15, 0.2) is 24.3 Å². The maximum atomic E-state index is 10.9. The molecular formula is C14H21NO3. The van der Waals surface area contributed by atoms with E-state index in [1.807, 2.05) is 31.2 Å². The summed E-state index contributed by atoms with van der Waals surface area (Å²) in [5.41, 5.74) is 0.955. The van der Waals surface area contributed by atoms with E-state index in [0.717, 1.165) is 24.3 Å². The molecule has 0 saturated heterocycles. The Bertz CT molecular complexity index is 379. The molecule has 0 spiro atoms. The van der Waals surface area contributed by atoms with Gasteiger partial charge in [-0.05, 0) is 37.6 Å². The Morgan fingerprint density at radius 2 is 2.22 bits per heavy atom. The summed E-state index contributed by atoms with van der Waals surface area (Å²) in [6.45, 7) is 5.39. The first kappa shape index (κ1) is 14.5. The first-order valence-corrected chi connectivity index (χ1v) is 6.35. The van der Waals surface area contributed by atoms with E-state index in [0.29, 0.717) is 6.61 Å². The number of aliphatic carboxylic acids is 1. The molecule has 4 nitrogen and oxygen atoms in total. The summed E-state index contributed by atoms with van der Waals surface area (Å²) in [5, 5.41) is 12.2. The zero-order valence-electron chi connectivity index (χ0n) is 11.0. The highest BCUT2D eigenvalue weighted by Gasteiger charge is 2.15. The second kappa shape index (κ2) is 7.71. The molecule has 2 N–H and O–H groups in total. The molecule has 0 saturated carbocycles. The van der Waals surface area contributed by atoms with E-state index < -0.39 is 5.97 Å². The second-order valence-electron chi connectivity index (χ2n) is 4.11. The van der Waals surface area contributed by atoms with Gasteiger partial charge in [0.2, 0.25) is 0 Å². The lowest BCUT2D eigenvalue weighted by Crippen LogP contribution is -2.24. The summed E-state index contributed by atoms with van der Waals surface area (Å²) < 4.78 is 5.43. The molecule has 1 unspecified atom stereocenters. The van der Waals surface area contributed by atoms with E-state index in [-0.39, 0.29) is 12.5 Å². The van der Waals surface area contributed by atoms with Crippen molar-refractivity contribution in [1.82, 2.24) is 5.32 Å². The molecule has 100 valence electrons. The Morgan fingerprint density at radius 3 is 2.83 bits per heavy atom. The van der Waals surface area contributed by atoms with Crippen LogP contribution < -0.4 is 10.1 Å². The standard InChI is InChI=1S/C14H21NO3/c1-3-8-15-13(10-14(16)17)11-6-5-7-12(9-11)18-4-2/h5-7,9,13,15H,3-4,8,10H2,1-2H3,(H,16,17). The zero-order valence-corrected chi connectivity index (χ0v) is 11.0. The van der Waals surface area contributed by atoms with Crippen LogP contribution in [0.3, 0.4) is 0 Å². The van der Waals surface area contributed by atoms with Gasteiger partial charge in [-0.1, -0.05) is 19.1 Å². The normalized spacial score (nSPS) is 12.1. The van der Waals surface area contributed by atoms with Gasteiger partial charge in [0.25, 0.3) is 0 Å². The van der Waals surface area contributed by atoms with Crippen molar-refractivity contribution in [2.24, 2.45) is 0 Å². The highest BCUT2D eigenvalue weighted by molar-refractivity contribution is 5.68. The van der Waals surface area contributed by atoms with Crippen molar-refractivity contribution >= 4 is 5.97 Å². The summed E-state index contributed by atoms with van der Waals surface area (Å²) in [5.74, 6) is -0.0193. The van der Waals surface area contributed by atoms with Crippen molar-refractivity contribution in [2.75, 3.05) is 13.2 Å².